The molecule has 0 N–H and O–H groups in total. The summed E-state index contributed by atoms with van der Waals surface area (Å²) >= 11 is 0. The second kappa shape index (κ2) is 5.98. The number of benzene rings is 2. The summed E-state index contributed by atoms with van der Waals surface area (Å²) in [6, 6.07) is 12.3. The van der Waals surface area contributed by atoms with E-state index in [1.807, 2.05) is 18.2 Å². The Morgan fingerprint density at radius 1 is 1.12 bits per heavy atom. The summed E-state index contributed by atoms with van der Waals surface area (Å²) < 4.78 is 28.6. The average molecular weight is 327 g/mol. The monoisotopic (exact) mass is 327 g/mol. The van der Waals surface area contributed by atoms with Crippen molar-refractivity contribution in [3.63, 3.8) is 0 Å². The summed E-state index contributed by atoms with van der Waals surface area (Å²) in [4.78, 5) is 7.06. The largest absolute Gasteiger partial charge is 0.331 e. The molecule has 2 aromatic carbocycles. The van der Waals surface area contributed by atoms with E-state index in [-0.39, 0.29) is 0 Å². The smallest absolute Gasteiger partial charge is 0.159 e. The van der Waals surface area contributed by atoms with Crippen molar-refractivity contribution in [1.82, 2.24) is 14.5 Å². The van der Waals surface area contributed by atoms with Crippen LogP contribution in [-0.2, 0) is 13.6 Å². The summed E-state index contributed by atoms with van der Waals surface area (Å²) in [5, 5.41) is 0. The number of nitrogens with zero attached hydrogens (tertiary/aromatic N) is 3. The van der Waals surface area contributed by atoms with Gasteiger partial charge < -0.3 is 4.57 Å². The maximum absolute atomic E-state index is 13.4. The minimum absolute atomic E-state index is 0.368. The van der Waals surface area contributed by atoms with Crippen molar-refractivity contribution in [2.45, 2.75) is 18.9 Å². The van der Waals surface area contributed by atoms with Crippen LogP contribution in [0.4, 0.5) is 8.78 Å². The lowest BCUT2D eigenvalue weighted by atomic mass is 10.1. The average Bonchev–Trinajstić information content (AvgIpc) is 3.16. The van der Waals surface area contributed by atoms with Crippen LogP contribution < -0.4 is 0 Å². The van der Waals surface area contributed by atoms with Crippen molar-refractivity contribution in [3.8, 4) is 0 Å². The molecule has 0 spiro atoms. The Bertz CT molecular complexity index is 887. The van der Waals surface area contributed by atoms with Crippen molar-refractivity contribution in [2.24, 2.45) is 7.05 Å². The lowest BCUT2D eigenvalue weighted by Crippen LogP contribution is -2.20. The molecule has 1 unspecified atom stereocenters. The van der Waals surface area contributed by atoms with Gasteiger partial charge in [-0.05, 0) is 42.8 Å². The summed E-state index contributed by atoms with van der Waals surface area (Å²) in [7, 11) is 2.06. The fraction of sp³-hybridized carbons (Fsp3) is 0.316. The molecule has 1 aliphatic heterocycles. The second-order valence-electron chi connectivity index (χ2n) is 6.49. The molecule has 0 amide bonds. The second-order valence-corrected chi connectivity index (χ2v) is 6.49. The third-order valence-corrected chi connectivity index (χ3v) is 4.85. The summed E-state index contributed by atoms with van der Waals surface area (Å²) in [5.41, 5.74) is 2.97. The summed E-state index contributed by atoms with van der Waals surface area (Å²) in [6.07, 6.45) is 1.03. The van der Waals surface area contributed by atoms with Gasteiger partial charge in [0, 0.05) is 26.1 Å². The minimum atomic E-state index is -0.794. The first-order chi connectivity index (χ1) is 11.6. The first-order valence-electron chi connectivity index (χ1n) is 8.19. The number of aryl methyl sites for hydroxylation is 1. The number of para-hydroxylation sites is 2. The highest BCUT2D eigenvalue weighted by molar-refractivity contribution is 5.75. The number of hydrogen-bond donors (Lipinski definition) is 0. The molecule has 0 aliphatic carbocycles. The van der Waals surface area contributed by atoms with Crippen LogP contribution in [0.1, 0.15) is 23.7 Å². The molecule has 1 saturated heterocycles. The SMILES string of the molecule is Cn1c(C2CCN(Cc3ccc(F)c(F)c3)C2)nc2ccccc21. The topological polar surface area (TPSA) is 21.1 Å². The molecule has 124 valence electrons. The van der Waals surface area contributed by atoms with Crippen LogP contribution in [0.15, 0.2) is 42.5 Å². The van der Waals surface area contributed by atoms with Gasteiger partial charge in [0.1, 0.15) is 5.82 Å². The van der Waals surface area contributed by atoms with Crippen LogP contribution in [-0.4, -0.2) is 27.5 Å². The van der Waals surface area contributed by atoms with Crippen LogP contribution in [0.25, 0.3) is 11.0 Å². The van der Waals surface area contributed by atoms with E-state index in [1.54, 1.807) is 6.07 Å². The molecular formula is C19H19F2N3. The van der Waals surface area contributed by atoms with E-state index < -0.39 is 11.6 Å². The van der Waals surface area contributed by atoms with Crippen molar-refractivity contribution in [1.29, 1.82) is 0 Å². The van der Waals surface area contributed by atoms with Gasteiger partial charge in [-0.3, -0.25) is 4.90 Å². The summed E-state index contributed by atoms with van der Waals surface area (Å²) in [6.45, 7) is 2.46. The molecule has 4 rings (SSSR count). The molecule has 1 fully saturated rings. The number of likely N-dealkylation sites (tertiary alicyclic amines) is 1. The van der Waals surface area contributed by atoms with E-state index in [9.17, 15) is 8.78 Å². The van der Waals surface area contributed by atoms with Crippen molar-refractivity contribution >= 4 is 11.0 Å². The molecule has 24 heavy (non-hydrogen) atoms. The number of halogens is 2. The Morgan fingerprint density at radius 2 is 1.96 bits per heavy atom. The Labute approximate surface area is 139 Å². The van der Waals surface area contributed by atoms with E-state index in [1.165, 1.54) is 12.1 Å². The van der Waals surface area contributed by atoms with Crippen molar-refractivity contribution in [2.75, 3.05) is 13.1 Å². The van der Waals surface area contributed by atoms with Gasteiger partial charge in [-0.25, -0.2) is 13.8 Å². The van der Waals surface area contributed by atoms with E-state index in [0.717, 1.165) is 41.9 Å². The zero-order valence-electron chi connectivity index (χ0n) is 13.5. The number of fused-ring (bicyclic) bond motifs is 1. The number of aromatic nitrogens is 2. The van der Waals surface area contributed by atoms with Gasteiger partial charge in [0.05, 0.1) is 11.0 Å². The Kier molecular flexibility index (Phi) is 3.81. The fourth-order valence-corrected chi connectivity index (χ4v) is 3.61. The van der Waals surface area contributed by atoms with Crippen LogP contribution in [0.5, 0.6) is 0 Å². The van der Waals surface area contributed by atoms with Crippen LogP contribution in [0.2, 0.25) is 0 Å². The van der Waals surface area contributed by atoms with Crippen LogP contribution in [0.3, 0.4) is 0 Å². The first-order valence-corrected chi connectivity index (χ1v) is 8.19. The maximum atomic E-state index is 13.4. The minimum Gasteiger partial charge on any atom is -0.331 e. The first kappa shape index (κ1) is 15.3. The van der Waals surface area contributed by atoms with Gasteiger partial charge in [-0.2, -0.15) is 0 Å². The number of hydrogen-bond acceptors (Lipinski definition) is 2. The molecule has 1 aromatic heterocycles. The highest BCUT2D eigenvalue weighted by Gasteiger charge is 2.27. The normalized spacial score (nSPS) is 18.5. The van der Waals surface area contributed by atoms with Crippen LogP contribution >= 0.6 is 0 Å². The molecular weight excluding hydrogens is 308 g/mol. The molecule has 0 bridgehead atoms. The fourth-order valence-electron chi connectivity index (χ4n) is 3.61. The van der Waals surface area contributed by atoms with E-state index in [2.05, 4.69) is 22.6 Å². The predicted octanol–water partition coefficient (Wildman–Crippen LogP) is 3.84. The van der Waals surface area contributed by atoms with E-state index in [4.69, 9.17) is 4.98 Å². The highest BCUT2D eigenvalue weighted by Crippen LogP contribution is 2.29. The van der Waals surface area contributed by atoms with Crippen LogP contribution in [0, 0.1) is 11.6 Å². The van der Waals surface area contributed by atoms with Gasteiger partial charge in [0.25, 0.3) is 0 Å². The highest BCUT2D eigenvalue weighted by atomic mass is 19.2. The zero-order chi connectivity index (χ0) is 16.7. The van der Waals surface area contributed by atoms with Crippen molar-refractivity contribution in [3.05, 3.63) is 65.5 Å². The molecule has 0 radical (unpaired) electrons. The third kappa shape index (κ3) is 2.69. The third-order valence-electron chi connectivity index (χ3n) is 4.85. The van der Waals surface area contributed by atoms with Gasteiger partial charge in [0.15, 0.2) is 11.6 Å². The number of imidazole rings is 1. The Balaban J connectivity index is 1.51. The summed E-state index contributed by atoms with van der Waals surface area (Å²) in [5.74, 6) is -0.104. The maximum Gasteiger partial charge on any atom is 0.159 e. The van der Waals surface area contributed by atoms with Gasteiger partial charge in [-0.15, -0.1) is 0 Å². The molecule has 3 nitrogen and oxygen atoms in total. The Morgan fingerprint density at radius 3 is 2.75 bits per heavy atom. The van der Waals surface area contributed by atoms with Gasteiger partial charge >= 0.3 is 0 Å². The van der Waals surface area contributed by atoms with E-state index >= 15 is 0 Å². The van der Waals surface area contributed by atoms with Crippen molar-refractivity contribution < 1.29 is 8.78 Å². The quantitative estimate of drug-likeness (QED) is 0.729. The molecule has 5 heteroatoms. The lowest BCUT2D eigenvalue weighted by Gasteiger charge is -2.16. The molecule has 3 aromatic rings. The van der Waals surface area contributed by atoms with Gasteiger partial charge in [-0.1, -0.05) is 18.2 Å². The van der Waals surface area contributed by atoms with E-state index in [0.29, 0.717) is 12.5 Å². The lowest BCUT2D eigenvalue weighted by molar-refractivity contribution is 0.324. The molecule has 1 aliphatic rings. The van der Waals surface area contributed by atoms with Gasteiger partial charge in [0.2, 0.25) is 0 Å². The Hall–Kier alpha value is -2.27. The predicted molar refractivity (Wildman–Crippen MR) is 89.7 cm³/mol. The standard InChI is InChI=1S/C19H19F2N3/c1-23-18-5-3-2-4-17(18)22-19(23)14-8-9-24(12-14)11-13-6-7-15(20)16(21)10-13/h2-7,10,14H,8-9,11-12H2,1H3. The molecule has 2 heterocycles. The number of rotatable bonds is 3. The molecule has 1 atom stereocenters. The zero-order valence-corrected chi connectivity index (χ0v) is 13.5. The molecule has 0 saturated carbocycles.